The van der Waals surface area contributed by atoms with Gasteiger partial charge in [0.15, 0.2) is 11.5 Å². The lowest BCUT2D eigenvalue weighted by molar-refractivity contribution is -0.124. The van der Waals surface area contributed by atoms with E-state index in [0.29, 0.717) is 17.4 Å². The molecule has 0 aromatic heterocycles. The van der Waals surface area contributed by atoms with Crippen molar-refractivity contribution < 1.29 is 35.9 Å². The van der Waals surface area contributed by atoms with Crippen LogP contribution in [0.5, 0.6) is 11.5 Å². The first-order chi connectivity index (χ1) is 19.4. The quantitative estimate of drug-likeness (QED) is 0.264. The molecule has 3 aromatic carbocycles. The highest BCUT2D eigenvalue weighted by Gasteiger charge is 2.30. The maximum Gasteiger partial charge on any atom is 0.269 e. The first kappa shape index (κ1) is 30.1. The molecule has 0 aliphatic carbocycles. The van der Waals surface area contributed by atoms with Gasteiger partial charge in [-0.05, 0) is 54.4 Å². The van der Waals surface area contributed by atoms with Crippen molar-refractivity contribution in [2.75, 3.05) is 17.9 Å². The van der Waals surface area contributed by atoms with Crippen molar-refractivity contribution in [1.29, 1.82) is 0 Å². The second-order valence-electron chi connectivity index (χ2n) is 9.24. The number of nitrogens with one attached hydrogen (secondary N) is 4. The van der Waals surface area contributed by atoms with Gasteiger partial charge in [0.05, 0.1) is 15.5 Å². The van der Waals surface area contributed by atoms with Crippen molar-refractivity contribution in [1.82, 2.24) is 15.6 Å². The number of halogens is 1. The van der Waals surface area contributed by atoms with E-state index in [-0.39, 0.29) is 33.4 Å². The monoisotopic (exact) mass is 622 g/mol. The number of carbonyl (C=O) groups is 2. The fourth-order valence-corrected chi connectivity index (χ4v) is 6.40. The molecule has 4 rings (SSSR count). The van der Waals surface area contributed by atoms with Gasteiger partial charge in [0.1, 0.15) is 19.3 Å². The van der Waals surface area contributed by atoms with E-state index in [4.69, 9.17) is 21.1 Å². The Bertz CT molecular complexity index is 1680. The summed E-state index contributed by atoms with van der Waals surface area (Å²) < 4.78 is 67.3. The Morgan fingerprint density at radius 1 is 0.805 bits per heavy atom. The Morgan fingerprint density at radius 3 is 2.20 bits per heavy atom. The molecule has 12 nitrogen and oxygen atoms in total. The first-order valence-electron chi connectivity index (χ1n) is 12.3. The maximum absolute atomic E-state index is 13.0. The second kappa shape index (κ2) is 12.3. The summed E-state index contributed by atoms with van der Waals surface area (Å²) in [7, 11) is -8.23. The number of hydrazine groups is 1. The SMILES string of the molecule is CC(C)C(NS(=O)(=O)c1ccc2c(c1)OCCO2)C(=O)NNC(=O)c1cccc(S(=O)(=O)Nc2cccc(Cl)c2)c1. The summed E-state index contributed by atoms with van der Waals surface area (Å²) in [5.41, 5.74) is 4.56. The van der Waals surface area contributed by atoms with Gasteiger partial charge >= 0.3 is 0 Å². The number of carbonyl (C=O) groups excluding carboxylic acids is 2. The van der Waals surface area contributed by atoms with Crippen molar-refractivity contribution in [3.63, 3.8) is 0 Å². The Hall–Kier alpha value is -3.85. The van der Waals surface area contributed by atoms with Crippen molar-refractivity contribution in [2.45, 2.75) is 29.7 Å². The minimum atomic E-state index is -4.17. The lowest BCUT2D eigenvalue weighted by atomic mass is 10.1. The number of sulfonamides is 2. The number of hydrogen-bond donors (Lipinski definition) is 4. The van der Waals surface area contributed by atoms with Crippen LogP contribution in [0.1, 0.15) is 24.2 Å². The molecule has 1 aliphatic heterocycles. The van der Waals surface area contributed by atoms with E-state index < -0.39 is 43.8 Å². The number of fused-ring (bicyclic) bond motifs is 1. The van der Waals surface area contributed by atoms with Crippen LogP contribution < -0.4 is 29.8 Å². The van der Waals surface area contributed by atoms with Crippen LogP contribution in [-0.4, -0.2) is 47.9 Å². The number of benzene rings is 3. The molecule has 3 aromatic rings. The number of hydrogen-bond acceptors (Lipinski definition) is 8. The summed E-state index contributed by atoms with van der Waals surface area (Å²) >= 11 is 5.91. The summed E-state index contributed by atoms with van der Waals surface area (Å²) in [5.74, 6) is -1.49. The summed E-state index contributed by atoms with van der Waals surface area (Å²) in [6, 6.07) is 14.1. The predicted molar refractivity (Wildman–Crippen MR) is 151 cm³/mol. The Balaban J connectivity index is 1.42. The molecule has 1 unspecified atom stereocenters. The predicted octanol–water partition coefficient (Wildman–Crippen LogP) is 2.68. The van der Waals surface area contributed by atoms with E-state index in [2.05, 4.69) is 20.3 Å². The highest BCUT2D eigenvalue weighted by Crippen LogP contribution is 2.32. The highest BCUT2D eigenvalue weighted by atomic mass is 35.5. The normalized spacial score (nSPS) is 13.8. The zero-order chi connectivity index (χ0) is 29.8. The van der Waals surface area contributed by atoms with Gasteiger partial charge in [-0.3, -0.25) is 25.2 Å². The van der Waals surface area contributed by atoms with Gasteiger partial charge in [-0.15, -0.1) is 0 Å². The standard InChI is InChI=1S/C26H27ClN4O8S2/c1-16(2)24(31-41(36,37)21-9-10-22-23(15-21)39-12-11-38-22)26(33)29-28-25(32)17-5-3-8-20(13-17)40(34,35)30-19-7-4-6-18(27)14-19/h3-10,13-16,24,30-31H,11-12H2,1-2H3,(H,28,32)(H,29,33). The van der Waals surface area contributed by atoms with Crippen LogP contribution in [0.25, 0.3) is 0 Å². The van der Waals surface area contributed by atoms with Gasteiger partial charge in [-0.25, -0.2) is 16.8 Å². The van der Waals surface area contributed by atoms with Crippen molar-refractivity contribution >= 4 is 49.1 Å². The molecule has 1 atom stereocenters. The van der Waals surface area contributed by atoms with Gasteiger partial charge in [-0.1, -0.05) is 37.6 Å². The molecule has 0 spiro atoms. The highest BCUT2D eigenvalue weighted by molar-refractivity contribution is 7.92. The van der Waals surface area contributed by atoms with Crippen molar-refractivity contribution in [2.24, 2.45) is 5.92 Å². The minimum absolute atomic E-state index is 0.0720. The molecule has 15 heteroatoms. The summed E-state index contributed by atoms with van der Waals surface area (Å²) in [6.45, 7) is 3.87. The van der Waals surface area contributed by atoms with Crippen LogP contribution in [-0.2, 0) is 24.8 Å². The second-order valence-corrected chi connectivity index (χ2v) is 13.1. The number of rotatable bonds is 9. The molecular weight excluding hydrogens is 596 g/mol. The number of ether oxygens (including phenoxy) is 2. The molecule has 1 heterocycles. The molecule has 0 radical (unpaired) electrons. The van der Waals surface area contributed by atoms with Gasteiger partial charge < -0.3 is 9.47 Å². The lowest BCUT2D eigenvalue weighted by Crippen LogP contribution is -2.54. The van der Waals surface area contributed by atoms with E-state index in [9.17, 15) is 26.4 Å². The van der Waals surface area contributed by atoms with E-state index in [1.807, 2.05) is 0 Å². The van der Waals surface area contributed by atoms with Crippen LogP contribution in [0.15, 0.2) is 76.5 Å². The topological polar surface area (TPSA) is 169 Å². The number of amides is 2. The molecule has 0 fully saturated rings. The van der Waals surface area contributed by atoms with Crippen LogP contribution in [0.2, 0.25) is 5.02 Å². The molecule has 0 saturated heterocycles. The number of anilines is 1. The third-order valence-corrected chi connectivity index (χ3v) is 8.89. The third kappa shape index (κ3) is 7.47. The maximum atomic E-state index is 13.0. The Morgan fingerprint density at radius 2 is 1.49 bits per heavy atom. The Kier molecular flexibility index (Phi) is 9.07. The molecule has 218 valence electrons. The van der Waals surface area contributed by atoms with Crippen LogP contribution in [0.4, 0.5) is 5.69 Å². The average molecular weight is 623 g/mol. The largest absolute Gasteiger partial charge is 0.486 e. The van der Waals surface area contributed by atoms with Crippen LogP contribution >= 0.6 is 11.6 Å². The fraction of sp³-hybridized carbons (Fsp3) is 0.231. The van der Waals surface area contributed by atoms with E-state index in [1.165, 1.54) is 48.5 Å². The molecule has 2 amide bonds. The molecule has 4 N–H and O–H groups in total. The average Bonchev–Trinajstić information content (AvgIpc) is 2.94. The smallest absolute Gasteiger partial charge is 0.269 e. The summed E-state index contributed by atoms with van der Waals surface area (Å²) in [5, 5.41) is 0.336. The van der Waals surface area contributed by atoms with Gasteiger partial charge in [-0.2, -0.15) is 4.72 Å². The summed E-state index contributed by atoms with van der Waals surface area (Å²) in [6.07, 6.45) is 0. The van der Waals surface area contributed by atoms with Crippen LogP contribution in [0.3, 0.4) is 0 Å². The molecule has 0 saturated carbocycles. The van der Waals surface area contributed by atoms with Gasteiger partial charge in [0.25, 0.3) is 21.8 Å². The third-order valence-electron chi connectivity index (χ3n) is 5.84. The van der Waals surface area contributed by atoms with Crippen molar-refractivity contribution in [3.05, 3.63) is 77.3 Å². The van der Waals surface area contributed by atoms with E-state index >= 15 is 0 Å². The first-order valence-corrected chi connectivity index (χ1v) is 15.6. The van der Waals surface area contributed by atoms with Gasteiger partial charge in [0.2, 0.25) is 10.0 Å². The zero-order valence-corrected chi connectivity index (χ0v) is 24.3. The summed E-state index contributed by atoms with van der Waals surface area (Å²) in [4.78, 5) is 25.3. The minimum Gasteiger partial charge on any atom is -0.486 e. The molecule has 1 aliphatic rings. The van der Waals surface area contributed by atoms with Gasteiger partial charge in [0, 0.05) is 16.7 Å². The zero-order valence-electron chi connectivity index (χ0n) is 21.9. The molecular formula is C26H27ClN4O8S2. The lowest BCUT2D eigenvalue weighted by Gasteiger charge is -2.23. The van der Waals surface area contributed by atoms with Crippen molar-refractivity contribution in [3.8, 4) is 11.5 Å². The van der Waals surface area contributed by atoms with E-state index in [0.717, 1.165) is 6.07 Å². The molecule has 41 heavy (non-hydrogen) atoms. The van der Waals surface area contributed by atoms with E-state index in [1.54, 1.807) is 26.0 Å². The van der Waals surface area contributed by atoms with Crippen LogP contribution in [0, 0.1) is 5.92 Å². The molecule has 0 bridgehead atoms. The Labute approximate surface area is 242 Å². The fourth-order valence-electron chi connectivity index (χ4n) is 3.76.